The van der Waals surface area contributed by atoms with E-state index in [1.807, 2.05) is 6.92 Å². The Hall–Kier alpha value is -0.120. The molecule has 2 aliphatic rings. The molecule has 0 amide bonds. The van der Waals surface area contributed by atoms with Crippen LogP contribution >= 0.6 is 0 Å². The van der Waals surface area contributed by atoms with Gasteiger partial charge in [0.25, 0.3) is 0 Å². The average molecular weight is 283 g/mol. The third-order valence-electron chi connectivity index (χ3n) is 5.37. The largest absolute Gasteiger partial charge is 0.390 e. The van der Waals surface area contributed by atoms with Crippen molar-refractivity contribution >= 4 is 0 Å². The van der Waals surface area contributed by atoms with Crippen molar-refractivity contribution in [3.05, 3.63) is 0 Å². The van der Waals surface area contributed by atoms with E-state index >= 15 is 0 Å². The third kappa shape index (κ3) is 4.19. The van der Waals surface area contributed by atoms with Crippen LogP contribution in [0.4, 0.5) is 0 Å². The molecule has 0 bridgehead atoms. The summed E-state index contributed by atoms with van der Waals surface area (Å²) >= 11 is 0. The normalized spacial score (nSPS) is 29.2. The Morgan fingerprint density at radius 1 is 1.25 bits per heavy atom. The van der Waals surface area contributed by atoms with E-state index in [2.05, 4.69) is 12.2 Å². The van der Waals surface area contributed by atoms with Crippen LogP contribution in [-0.2, 0) is 4.74 Å². The first-order valence-electron chi connectivity index (χ1n) is 8.65. The smallest absolute Gasteiger partial charge is 0.0686 e. The summed E-state index contributed by atoms with van der Waals surface area (Å²) in [4.78, 5) is 0. The molecule has 0 aromatic carbocycles. The first kappa shape index (κ1) is 16.3. The average Bonchev–Trinajstić information content (AvgIpc) is 2.45. The van der Waals surface area contributed by atoms with Crippen LogP contribution in [0.5, 0.6) is 0 Å². The summed E-state index contributed by atoms with van der Waals surface area (Å²) in [7, 11) is 0. The van der Waals surface area contributed by atoms with E-state index in [0.717, 1.165) is 45.4 Å². The SMILES string of the molecule is CCCNCCC(C)(O)C1CCOC2(CCCCC2)C1. The summed E-state index contributed by atoms with van der Waals surface area (Å²) in [6.07, 6.45) is 10.4. The van der Waals surface area contributed by atoms with Gasteiger partial charge in [0, 0.05) is 6.61 Å². The van der Waals surface area contributed by atoms with Crippen molar-refractivity contribution in [2.75, 3.05) is 19.7 Å². The van der Waals surface area contributed by atoms with Crippen molar-refractivity contribution < 1.29 is 9.84 Å². The molecule has 20 heavy (non-hydrogen) atoms. The van der Waals surface area contributed by atoms with Crippen LogP contribution in [0.15, 0.2) is 0 Å². The number of hydrogen-bond donors (Lipinski definition) is 2. The molecule has 1 saturated heterocycles. The van der Waals surface area contributed by atoms with Crippen LogP contribution in [0.2, 0.25) is 0 Å². The lowest BCUT2D eigenvalue weighted by Gasteiger charge is -2.47. The molecule has 2 rings (SSSR count). The van der Waals surface area contributed by atoms with Crippen LogP contribution < -0.4 is 5.32 Å². The molecule has 1 heterocycles. The van der Waals surface area contributed by atoms with Gasteiger partial charge in [-0.3, -0.25) is 0 Å². The number of hydrogen-bond acceptors (Lipinski definition) is 3. The van der Waals surface area contributed by atoms with E-state index in [0.29, 0.717) is 5.92 Å². The van der Waals surface area contributed by atoms with E-state index in [1.165, 1.54) is 32.1 Å². The Morgan fingerprint density at radius 2 is 2.00 bits per heavy atom. The molecule has 118 valence electrons. The van der Waals surface area contributed by atoms with Gasteiger partial charge in [0.1, 0.15) is 0 Å². The maximum atomic E-state index is 10.9. The van der Waals surface area contributed by atoms with Gasteiger partial charge in [-0.2, -0.15) is 0 Å². The first-order chi connectivity index (χ1) is 9.58. The highest BCUT2D eigenvalue weighted by Gasteiger charge is 2.43. The summed E-state index contributed by atoms with van der Waals surface area (Å²) in [5.74, 6) is 0.401. The van der Waals surface area contributed by atoms with Crippen molar-refractivity contribution in [3.63, 3.8) is 0 Å². The van der Waals surface area contributed by atoms with Crippen LogP contribution in [0.3, 0.4) is 0 Å². The molecule has 0 aromatic rings. The highest BCUT2D eigenvalue weighted by molar-refractivity contribution is 4.95. The maximum Gasteiger partial charge on any atom is 0.0686 e. The van der Waals surface area contributed by atoms with Crippen molar-refractivity contribution in [2.24, 2.45) is 5.92 Å². The molecule has 2 unspecified atom stereocenters. The second kappa shape index (κ2) is 7.24. The molecule has 1 saturated carbocycles. The lowest BCUT2D eigenvalue weighted by atomic mass is 9.70. The van der Waals surface area contributed by atoms with Gasteiger partial charge in [-0.15, -0.1) is 0 Å². The number of rotatable bonds is 6. The molecule has 3 nitrogen and oxygen atoms in total. The summed E-state index contributed by atoms with van der Waals surface area (Å²) in [5.41, 5.74) is -0.447. The highest BCUT2D eigenvalue weighted by atomic mass is 16.5. The van der Waals surface area contributed by atoms with Gasteiger partial charge in [0.05, 0.1) is 11.2 Å². The molecule has 2 atom stereocenters. The monoisotopic (exact) mass is 283 g/mol. The van der Waals surface area contributed by atoms with Gasteiger partial charge in [-0.25, -0.2) is 0 Å². The third-order valence-corrected chi connectivity index (χ3v) is 5.37. The fraction of sp³-hybridized carbons (Fsp3) is 1.00. The zero-order chi connectivity index (χ0) is 14.5. The Kier molecular flexibility index (Phi) is 5.88. The van der Waals surface area contributed by atoms with Crippen LogP contribution in [0, 0.1) is 5.92 Å². The predicted molar refractivity (Wildman–Crippen MR) is 82.9 cm³/mol. The standard InChI is InChI=1S/C17H33NO2/c1-3-11-18-12-10-16(2,19)15-7-13-20-17(14-15)8-5-4-6-9-17/h15,18-19H,3-14H2,1-2H3. The van der Waals surface area contributed by atoms with Gasteiger partial charge < -0.3 is 15.2 Å². The fourth-order valence-corrected chi connectivity index (χ4v) is 3.95. The summed E-state index contributed by atoms with van der Waals surface area (Å²) in [6.45, 7) is 7.02. The molecule has 1 aliphatic heterocycles. The number of nitrogens with one attached hydrogen (secondary N) is 1. The molecule has 2 N–H and O–H groups in total. The van der Waals surface area contributed by atoms with Gasteiger partial charge in [0.2, 0.25) is 0 Å². The van der Waals surface area contributed by atoms with E-state index in [4.69, 9.17) is 4.74 Å². The Bertz CT molecular complexity index is 279. The van der Waals surface area contributed by atoms with Crippen molar-refractivity contribution in [3.8, 4) is 0 Å². The zero-order valence-corrected chi connectivity index (χ0v) is 13.4. The topological polar surface area (TPSA) is 41.5 Å². The van der Waals surface area contributed by atoms with E-state index in [-0.39, 0.29) is 5.60 Å². The van der Waals surface area contributed by atoms with Crippen molar-refractivity contribution in [2.45, 2.75) is 82.8 Å². The van der Waals surface area contributed by atoms with Crippen LogP contribution in [-0.4, -0.2) is 36.0 Å². The van der Waals surface area contributed by atoms with E-state index < -0.39 is 5.60 Å². The maximum absolute atomic E-state index is 10.9. The quantitative estimate of drug-likeness (QED) is 0.735. The molecular formula is C17H33NO2. The Balaban J connectivity index is 1.86. The fourth-order valence-electron chi connectivity index (χ4n) is 3.95. The zero-order valence-electron chi connectivity index (χ0n) is 13.4. The minimum absolute atomic E-state index is 0.0992. The second-order valence-electron chi connectivity index (χ2n) is 7.14. The van der Waals surface area contributed by atoms with Crippen LogP contribution in [0.1, 0.15) is 71.6 Å². The minimum atomic E-state index is -0.547. The number of ether oxygens (including phenoxy) is 1. The first-order valence-corrected chi connectivity index (χ1v) is 8.65. The van der Waals surface area contributed by atoms with Crippen LogP contribution in [0.25, 0.3) is 0 Å². The molecule has 0 radical (unpaired) electrons. The van der Waals surface area contributed by atoms with Gasteiger partial charge in [-0.05, 0) is 64.5 Å². The van der Waals surface area contributed by atoms with E-state index in [1.54, 1.807) is 0 Å². The van der Waals surface area contributed by atoms with Crippen molar-refractivity contribution in [1.29, 1.82) is 0 Å². The van der Waals surface area contributed by atoms with Gasteiger partial charge in [0.15, 0.2) is 0 Å². The molecule has 1 aliphatic carbocycles. The molecular weight excluding hydrogens is 250 g/mol. The highest BCUT2D eigenvalue weighted by Crippen LogP contribution is 2.44. The van der Waals surface area contributed by atoms with Gasteiger partial charge >= 0.3 is 0 Å². The summed E-state index contributed by atoms with van der Waals surface area (Å²) in [5, 5.41) is 14.3. The van der Waals surface area contributed by atoms with E-state index in [9.17, 15) is 5.11 Å². The Morgan fingerprint density at radius 3 is 2.70 bits per heavy atom. The Labute approximate surface area is 124 Å². The molecule has 3 heteroatoms. The predicted octanol–water partition coefficient (Wildman–Crippen LogP) is 3.26. The summed E-state index contributed by atoms with van der Waals surface area (Å²) < 4.78 is 6.15. The summed E-state index contributed by atoms with van der Waals surface area (Å²) in [6, 6.07) is 0. The lowest BCUT2D eigenvalue weighted by molar-refractivity contribution is -0.153. The van der Waals surface area contributed by atoms with Gasteiger partial charge in [-0.1, -0.05) is 26.2 Å². The molecule has 2 fully saturated rings. The lowest BCUT2D eigenvalue weighted by Crippen LogP contribution is -2.49. The second-order valence-corrected chi connectivity index (χ2v) is 7.14. The number of aliphatic hydroxyl groups is 1. The molecule has 1 spiro atoms. The minimum Gasteiger partial charge on any atom is -0.390 e. The molecule has 0 aromatic heterocycles. The van der Waals surface area contributed by atoms with Crippen molar-refractivity contribution in [1.82, 2.24) is 5.32 Å².